The van der Waals surface area contributed by atoms with Crippen LogP contribution in [0.3, 0.4) is 0 Å². The van der Waals surface area contributed by atoms with Crippen LogP contribution in [0.4, 0.5) is 42.8 Å². The highest BCUT2D eigenvalue weighted by atomic mass is 19.4. The van der Waals surface area contributed by atoms with E-state index in [1.807, 2.05) is 6.92 Å². The van der Waals surface area contributed by atoms with Crippen molar-refractivity contribution in [3.05, 3.63) is 65.1 Å². The number of hydrogen-bond donors (Lipinski definition) is 0. The second-order valence-electron chi connectivity index (χ2n) is 11.9. The number of likely N-dealkylation sites (tertiary alicyclic amines) is 1. The summed E-state index contributed by atoms with van der Waals surface area (Å²) in [6, 6.07) is 3.15. The number of aromatic nitrogens is 3. The summed E-state index contributed by atoms with van der Waals surface area (Å²) < 4.78 is 99.9. The maximum Gasteiger partial charge on any atom is 0.416 e. The number of benzene rings is 1. The van der Waals surface area contributed by atoms with Gasteiger partial charge >= 0.3 is 18.4 Å². The van der Waals surface area contributed by atoms with E-state index in [0.717, 1.165) is 0 Å². The number of ether oxygens (including phenoxy) is 3. The number of pyridine rings is 1. The van der Waals surface area contributed by atoms with Gasteiger partial charge in [0.1, 0.15) is 6.10 Å². The first-order chi connectivity index (χ1) is 23.6. The van der Waals surface area contributed by atoms with Crippen LogP contribution < -0.4 is 19.3 Å². The molecular weight excluding hydrogens is 674 g/mol. The number of anilines is 2. The topological polar surface area (TPSA) is 110 Å². The van der Waals surface area contributed by atoms with E-state index in [4.69, 9.17) is 14.2 Å². The number of carbonyl (C=O) groups is 2. The number of nitrogens with zero attached hydrogens (tertiary/aromatic N) is 6. The summed E-state index contributed by atoms with van der Waals surface area (Å²) in [5.41, 5.74) is -2.66. The summed E-state index contributed by atoms with van der Waals surface area (Å²) in [4.78, 5) is 42.9. The number of rotatable bonds is 9. The molecule has 5 rings (SSSR count). The molecule has 0 N–H and O–H groups in total. The summed E-state index contributed by atoms with van der Waals surface area (Å²) in [6.07, 6.45) is -7.25. The zero-order valence-corrected chi connectivity index (χ0v) is 27.7. The number of halogens is 6. The van der Waals surface area contributed by atoms with Gasteiger partial charge in [-0.2, -0.15) is 26.3 Å². The lowest BCUT2D eigenvalue weighted by Crippen LogP contribution is -2.48. The Labute approximate surface area is 284 Å². The predicted molar refractivity (Wildman–Crippen MR) is 168 cm³/mol. The van der Waals surface area contributed by atoms with E-state index in [0.29, 0.717) is 43.8 Å². The molecule has 0 radical (unpaired) electrons. The largest absolute Gasteiger partial charge is 0.485 e. The molecule has 2 aliphatic rings. The van der Waals surface area contributed by atoms with Crippen molar-refractivity contribution in [2.45, 2.75) is 77.1 Å². The van der Waals surface area contributed by atoms with Crippen molar-refractivity contribution in [2.75, 3.05) is 36.6 Å². The van der Waals surface area contributed by atoms with Crippen LogP contribution in [-0.2, 0) is 28.4 Å². The monoisotopic (exact) mass is 710 g/mol. The number of alkyl halides is 6. The Morgan fingerprint density at radius 3 is 2.20 bits per heavy atom. The van der Waals surface area contributed by atoms with Crippen LogP contribution in [0.15, 0.2) is 42.7 Å². The second-order valence-corrected chi connectivity index (χ2v) is 11.9. The molecule has 0 saturated carbocycles. The van der Waals surface area contributed by atoms with Gasteiger partial charge in [0, 0.05) is 38.5 Å². The lowest BCUT2D eigenvalue weighted by Gasteiger charge is -2.43. The Morgan fingerprint density at radius 2 is 1.66 bits per heavy atom. The lowest BCUT2D eigenvalue weighted by atomic mass is 9.92. The van der Waals surface area contributed by atoms with Crippen molar-refractivity contribution in [1.29, 1.82) is 0 Å². The molecule has 1 saturated heterocycles. The molecule has 270 valence electrons. The van der Waals surface area contributed by atoms with Crippen molar-refractivity contribution < 1.29 is 50.1 Å². The Kier molecular flexibility index (Phi) is 10.6. The van der Waals surface area contributed by atoms with E-state index in [1.165, 1.54) is 42.3 Å². The molecule has 4 heterocycles. The van der Waals surface area contributed by atoms with Gasteiger partial charge in [0.25, 0.3) is 0 Å². The molecule has 2 amide bonds. The van der Waals surface area contributed by atoms with E-state index in [2.05, 4.69) is 15.0 Å². The molecule has 0 spiro atoms. The summed E-state index contributed by atoms with van der Waals surface area (Å²) in [5, 5.41) is 0. The van der Waals surface area contributed by atoms with E-state index < -0.39 is 48.2 Å². The average Bonchev–Trinajstić information content (AvgIpc) is 3.55. The van der Waals surface area contributed by atoms with Crippen molar-refractivity contribution in [1.82, 2.24) is 19.9 Å². The van der Waals surface area contributed by atoms with Crippen molar-refractivity contribution in [2.24, 2.45) is 0 Å². The summed E-state index contributed by atoms with van der Waals surface area (Å²) >= 11 is 0. The highest BCUT2D eigenvalue weighted by molar-refractivity contribution is 5.90. The average molecular weight is 711 g/mol. The number of hydrogen-bond acceptors (Lipinski definition) is 9. The van der Waals surface area contributed by atoms with Gasteiger partial charge in [-0.05, 0) is 49.6 Å². The molecule has 0 bridgehead atoms. The Morgan fingerprint density at radius 1 is 1.00 bits per heavy atom. The SMILES string of the molecule is CCOC(=O)N1c2ccc(OC)nc2[C@@H](N(Cc2cc(C(F)(F)F)cc(C(F)(F)F)c2)c2ncc(O[C@H]3CCN(C(C)=O)C3)cn2)C[C@H]1CC. The fraction of sp³-hybridized carbons (Fsp3) is 0.485. The fourth-order valence-corrected chi connectivity index (χ4v) is 6.20. The molecule has 3 aromatic rings. The van der Waals surface area contributed by atoms with Gasteiger partial charge in [0.15, 0.2) is 5.75 Å². The van der Waals surface area contributed by atoms with E-state index in [1.54, 1.807) is 17.9 Å². The lowest BCUT2D eigenvalue weighted by molar-refractivity contribution is -0.143. The number of fused-ring (bicyclic) bond motifs is 1. The number of methoxy groups -OCH3 is 1. The first-order valence-corrected chi connectivity index (χ1v) is 15.9. The van der Waals surface area contributed by atoms with E-state index >= 15 is 0 Å². The summed E-state index contributed by atoms with van der Waals surface area (Å²) in [7, 11) is 1.38. The zero-order valence-electron chi connectivity index (χ0n) is 27.7. The van der Waals surface area contributed by atoms with Crippen LogP contribution in [0.2, 0.25) is 0 Å². The molecule has 17 heteroatoms. The first-order valence-electron chi connectivity index (χ1n) is 15.9. The van der Waals surface area contributed by atoms with Gasteiger partial charge in [0.2, 0.25) is 17.7 Å². The van der Waals surface area contributed by atoms with Gasteiger partial charge in [-0.15, -0.1) is 0 Å². The van der Waals surface area contributed by atoms with Crippen LogP contribution in [0.25, 0.3) is 0 Å². The van der Waals surface area contributed by atoms with Gasteiger partial charge in [-0.25, -0.2) is 19.7 Å². The molecule has 1 fully saturated rings. The minimum absolute atomic E-state index is 0.0416. The number of carbonyl (C=O) groups excluding carboxylic acids is 2. The molecule has 3 atom stereocenters. The highest BCUT2D eigenvalue weighted by Crippen LogP contribution is 2.44. The van der Waals surface area contributed by atoms with Crippen molar-refractivity contribution in [3.8, 4) is 11.6 Å². The Hall–Kier alpha value is -4.83. The molecular formula is C33H36F6N6O5. The third kappa shape index (κ3) is 7.97. The predicted octanol–water partition coefficient (Wildman–Crippen LogP) is 6.81. The molecule has 0 unspecified atom stereocenters. The minimum Gasteiger partial charge on any atom is -0.485 e. The Bertz CT molecular complexity index is 1660. The fourth-order valence-electron chi connectivity index (χ4n) is 6.20. The summed E-state index contributed by atoms with van der Waals surface area (Å²) in [5.74, 6) is 0.282. The quantitative estimate of drug-likeness (QED) is 0.221. The van der Waals surface area contributed by atoms with E-state index in [9.17, 15) is 35.9 Å². The van der Waals surface area contributed by atoms with Crippen LogP contribution in [0.1, 0.15) is 68.5 Å². The van der Waals surface area contributed by atoms with Gasteiger partial charge in [-0.3, -0.25) is 9.69 Å². The van der Waals surface area contributed by atoms with Gasteiger partial charge in [0.05, 0.1) is 61.2 Å². The van der Waals surface area contributed by atoms with Crippen LogP contribution in [0, 0.1) is 0 Å². The van der Waals surface area contributed by atoms with Gasteiger partial charge < -0.3 is 24.0 Å². The molecule has 11 nitrogen and oxygen atoms in total. The molecule has 50 heavy (non-hydrogen) atoms. The second kappa shape index (κ2) is 14.6. The van der Waals surface area contributed by atoms with Crippen molar-refractivity contribution >= 4 is 23.6 Å². The van der Waals surface area contributed by atoms with Crippen LogP contribution in [-0.4, -0.2) is 70.8 Å². The Balaban J connectivity index is 1.61. The van der Waals surface area contributed by atoms with Crippen LogP contribution >= 0.6 is 0 Å². The standard InChI is InChI=1S/C33H36F6N6O5/c1-5-23-14-27(29-26(7-8-28(42-29)48-4)45(23)31(47)49-6-2)44(17-20-11-21(32(34,35)36)13-22(12-20)33(37,38)39)30-40-15-25(16-41-30)50-24-9-10-43(18-24)19(3)46/h7-8,11-13,15-16,23-24,27H,5-6,9-10,14,17-18H2,1-4H3/t23-,24+,27+/m1/s1. The van der Waals surface area contributed by atoms with Gasteiger partial charge in [-0.1, -0.05) is 6.92 Å². The van der Waals surface area contributed by atoms with E-state index in [-0.39, 0.29) is 59.9 Å². The molecule has 0 aliphatic carbocycles. The molecule has 2 aromatic heterocycles. The maximum absolute atomic E-state index is 13.9. The highest BCUT2D eigenvalue weighted by Gasteiger charge is 2.42. The third-order valence-electron chi connectivity index (χ3n) is 8.60. The molecule has 2 aliphatic heterocycles. The van der Waals surface area contributed by atoms with Crippen LogP contribution in [0.5, 0.6) is 11.6 Å². The smallest absolute Gasteiger partial charge is 0.416 e. The normalized spacial score (nSPS) is 19.2. The molecule has 1 aromatic carbocycles. The summed E-state index contributed by atoms with van der Waals surface area (Å²) in [6.45, 7) is 5.42. The minimum atomic E-state index is -5.06. The zero-order chi connectivity index (χ0) is 36.4. The third-order valence-corrected chi connectivity index (χ3v) is 8.60. The number of amides is 2. The first kappa shape index (κ1) is 36.5. The maximum atomic E-state index is 13.9. The van der Waals surface area contributed by atoms with Crippen molar-refractivity contribution in [3.63, 3.8) is 0 Å².